The maximum absolute atomic E-state index is 11.9. The van der Waals surface area contributed by atoms with E-state index in [9.17, 15) is 32.9 Å². The van der Waals surface area contributed by atoms with Crippen LogP contribution in [0.15, 0.2) is 18.2 Å². The van der Waals surface area contributed by atoms with Crippen LogP contribution in [0, 0.1) is 17.0 Å². The van der Waals surface area contributed by atoms with E-state index in [1.807, 2.05) is 0 Å². The zero-order valence-electron chi connectivity index (χ0n) is 11.4. The van der Waals surface area contributed by atoms with Gasteiger partial charge in [0.2, 0.25) is 5.91 Å². The third-order valence-corrected chi connectivity index (χ3v) is 2.64. The first-order valence-electron chi connectivity index (χ1n) is 5.97. The first-order chi connectivity index (χ1) is 10.1. The van der Waals surface area contributed by atoms with Crippen LogP contribution < -0.4 is 10.6 Å². The Morgan fingerprint density at radius 2 is 1.91 bits per heavy atom. The maximum atomic E-state index is 11.9. The molecule has 0 aromatic heterocycles. The topological polar surface area (TPSA) is 101 Å². The number of alkyl halides is 3. The minimum absolute atomic E-state index is 0.0298. The molecule has 22 heavy (non-hydrogen) atoms. The highest BCUT2D eigenvalue weighted by molar-refractivity contribution is 5.98. The summed E-state index contributed by atoms with van der Waals surface area (Å²) in [4.78, 5) is 33.0. The average molecular weight is 319 g/mol. The fourth-order valence-corrected chi connectivity index (χ4v) is 1.58. The summed E-state index contributed by atoms with van der Waals surface area (Å²) in [6.45, 7) is -0.814. The Kier molecular flexibility index (Phi) is 5.44. The van der Waals surface area contributed by atoms with Gasteiger partial charge in [0, 0.05) is 17.2 Å². The van der Waals surface area contributed by atoms with Crippen molar-refractivity contribution in [2.45, 2.75) is 13.1 Å². The van der Waals surface area contributed by atoms with Gasteiger partial charge in [0.25, 0.3) is 11.6 Å². The molecule has 0 bridgehead atoms. The van der Waals surface area contributed by atoms with E-state index in [2.05, 4.69) is 5.32 Å². The van der Waals surface area contributed by atoms with Crippen molar-refractivity contribution in [3.63, 3.8) is 0 Å². The normalized spacial score (nSPS) is 10.9. The molecule has 2 amide bonds. The summed E-state index contributed by atoms with van der Waals surface area (Å²) in [5.74, 6) is -1.81. The van der Waals surface area contributed by atoms with E-state index in [-0.39, 0.29) is 16.8 Å². The van der Waals surface area contributed by atoms with Crippen molar-refractivity contribution < 1.29 is 27.7 Å². The molecular weight excluding hydrogens is 307 g/mol. The lowest BCUT2D eigenvalue weighted by Gasteiger charge is -2.10. The molecule has 0 heterocycles. The number of nitro groups is 1. The fraction of sp³-hybridized carbons (Fsp3) is 0.333. The molecule has 2 N–H and O–H groups in total. The van der Waals surface area contributed by atoms with Gasteiger partial charge < -0.3 is 10.6 Å². The Hall–Kier alpha value is -2.65. The number of carbonyl (C=O) groups excluding carboxylic acids is 2. The van der Waals surface area contributed by atoms with E-state index in [0.29, 0.717) is 0 Å². The minimum atomic E-state index is -4.55. The molecule has 0 aliphatic rings. The maximum Gasteiger partial charge on any atom is 0.405 e. The molecule has 10 heteroatoms. The van der Waals surface area contributed by atoms with Crippen LogP contribution in [0.3, 0.4) is 0 Å². The van der Waals surface area contributed by atoms with E-state index in [1.165, 1.54) is 25.1 Å². The largest absolute Gasteiger partial charge is 0.405 e. The molecule has 120 valence electrons. The number of rotatable bonds is 5. The molecule has 0 saturated heterocycles. The highest BCUT2D eigenvalue weighted by Gasteiger charge is 2.27. The molecule has 0 atom stereocenters. The molecule has 0 spiro atoms. The number of halogens is 3. The first kappa shape index (κ1) is 17.4. The van der Waals surface area contributed by atoms with Gasteiger partial charge in [-0.3, -0.25) is 19.7 Å². The second-order valence-electron chi connectivity index (χ2n) is 4.28. The van der Waals surface area contributed by atoms with Crippen LogP contribution in [0.5, 0.6) is 0 Å². The smallest absolute Gasteiger partial charge is 0.345 e. The number of nitrogens with one attached hydrogen (secondary N) is 2. The molecule has 1 rings (SSSR count). The van der Waals surface area contributed by atoms with Crippen molar-refractivity contribution in [3.8, 4) is 0 Å². The van der Waals surface area contributed by atoms with Crippen LogP contribution in [0.4, 0.5) is 18.9 Å². The van der Waals surface area contributed by atoms with Gasteiger partial charge in [0.15, 0.2) is 0 Å². The Balaban J connectivity index is 2.65. The summed E-state index contributed by atoms with van der Waals surface area (Å²) >= 11 is 0. The zero-order chi connectivity index (χ0) is 16.9. The third-order valence-electron chi connectivity index (χ3n) is 2.64. The quantitative estimate of drug-likeness (QED) is 0.631. The Morgan fingerprint density at radius 3 is 2.45 bits per heavy atom. The SMILES string of the molecule is Cc1c(C(=O)NCC(=O)NCC(F)(F)F)cccc1[N+](=O)[O-]. The van der Waals surface area contributed by atoms with E-state index in [0.717, 1.165) is 0 Å². The standard InChI is InChI=1S/C12H12F3N3O4/c1-7-8(3-2-4-9(7)18(21)22)11(20)16-5-10(19)17-6-12(13,14)15/h2-4H,5-6H2,1H3,(H,16,20)(H,17,19). The van der Waals surface area contributed by atoms with E-state index in [1.54, 1.807) is 5.32 Å². The van der Waals surface area contributed by atoms with Gasteiger partial charge in [-0.1, -0.05) is 6.07 Å². The first-order valence-corrected chi connectivity index (χ1v) is 5.97. The van der Waals surface area contributed by atoms with Gasteiger partial charge in [-0.2, -0.15) is 13.2 Å². The van der Waals surface area contributed by atoms with Crippen LogP contribution in [0.2, 0.25) is 0 Å². The second-order valence-corrected chi connectivity index (χ2v) is 4.28. The van der Waals surface area contributed by atoms with Crippen LogP contribution in [0.25, 0.3) is 0 Å². The van der Waals surface area contributed by atoms with Crippen LogP contribution in [0.1, 0.15) is 15.9 Å². The van der Waals surface area contributed by atoms with Crippen LogP contribution >= 0.6 is 0 Å². The van der Waals surface area contributed by atoms with Gasteiger partial charge in [-0.25, -0.2) is 0 Å². The minimum Gasteiger partial charge on any atom is -0.345 e. The van der Waals surface area contributed by atoms with Gasteiger partial charge in [0.05, 0.1) is 11.5 Å². The van der Waals surface area contributed by atoms with Crippen molar-refractivity contribution >= 4 is 17.5 Å². The predicted octanol–water partition coefficient (Wildman–Crippen LogP) is 1.31. The lowest BCUT2D eigenvalue weighted by Crippen LogP contribution is -2.41. The van der Waals surface area contributed by atoms with Crippen molar-refractivity contribution in [1.29, 1.82) is 0 Å². The summed E-state index contributed by atoms with van der Waals surface area (Å²) < 4.78 is 35.7. The summed E-state index contributed by atoms with van der Waals surface area (Å²) in [6.07, 6.45) is -4.55. The molecular formula is C12H12F3N3O4. The van der Waals surface area contributed by atoms with Gasteiger partial charge in [0.1, 0.15) is 6.54 Å². The molecule has 1 aromatic rings. The molecule has 0 radical (unpaired) electrons. The molecule has 0 aliphatic heterocycles. The van der Waals surface area contributed by atoms with Gasteiger partial charge in [-0.05, 0) is 13.0 Å². The Morgan fingerprint density at radius 1 is 1.27 bits per heavy atom. The number of amides is 2. The number of hydrogen-bond acceptors (Lipinski definition) is 4. The van der Waals surface area contributed by atoms with Crippen molar-refractivity contribution in [1.82, 2.24) is 10.6 Å². The number of carbonyl (C=O) groups is 2. The summed E-state index contributed by atoms with van der Waals surface area (Å²) in [5.41, 5.74) is -0.201. The highest BCUT2D eigenvalue weighted by atomic mass is 19.4. The number of benzene rings is 1. The molecule has 0 unspecified atom stereocenters. The second kappa shape index (κ2) is 6.87. The van der Waals surface area contributed by atoms with E-state index >= 15 is 0 Å². The van der Waals surface area contributed by atoms with E-state index in [4.69, 9.17) is 0 Å². The summed E-state index contributed by atoms with van der Waals surface area (Å²) in [5, 5.41) is 14.4. The van der Waals surface area contributed by atoms with E-state index < -0.39 is 36.0 Å². The Bertz CT molecular complexity index is 602. The van der Waals surface area contributed by atoms with Crippen LogP contribution in [-0.2, 0) is 4.79 Å². The summed E-state index contributed by atoms with van der Waals surface area (Å²) in [6, 6.07) is 3.82. The molecule has 7 nitrogen and oxygen atoms in total. The third kappa shape index (κ3) is 5.04. The van der Waals surface area contributed by atoms with Crippen molar-refractivity contribution in [2.24, 2.45) is 0 Å². The lowest BCUT2D eigenvalue weighted by atomic mass is 10.1. The number of hydrogen-bond donors (Lipinski definition) is 2. The number of nitrogens with zero attached hydrogens (tertiary/aromatic N) is 1. The summed E-state index contributed by atoms with van der Waals surface area (Å²) in [7, 11) is 0. The Labute approximate surface area is 122 Å². The molecule has 0 fully saturated rings. The number of nitro benzene ring substituents is 1. The molecule has 0 saturated carbocycles. The highest BCUT2D eigenvalue weighted by Crippen LogP contribution is 2.20. The zero-order valence-corrected chi connectivity index (χ0v) is 11.4. The van der Waals surface area contributed by atoms with Crippen LogP contribution in [-0.4, -0.2) is 36.0 Å². The van der Waals surface area contributed by atoms with Crippen molar-refractivity contribution in [2.75, 3.05) is 13.1 Å². The fourth-order valence-electron chi connectivity index (χ4n) is 1.58. The molecule has 1 aromatic carbocycles. The van der Waals surface area contributed by atoms with Gasteiger partial charge in [-0.15, -0.1) is 0 Å². The lowest BCUT2D eigenvalue weighted by molar-refractivity contribution is -0.385. The monoisotopic (exact) mass is 319 g/mol. The average Bonchev–Trinajstić information content (AvgIpc) is 2.41. The van der Waals surface area contributed by atoms with Crippen molar-refractivity contribution in [3.05, 3.63) is 39.4 Å². The molecule has 0 aliphatic carbocycles. The van der Waals surface area contributed by atoms with Gasteiger partial charge >= 0.3 is 6.18 Å². The predicted molar refractivity (Wildman–Crippen MR) is 69.2 cm³/mol.